The molecule has 0 aliphatic carbocycles. The quantitative estimate of drug-likeness (QED) is 0.663. The molecule has 0 saturated carbocycles. The minimum absolute atomic E-state index is 0.00392. The Morgan fingerprint density at radius 1 is 1.20 bits per heavy atom. The van der Waals surface area contributed by atoms with Crippen LogP contribution in [-0.2, 0) is 5.54 Å². The lowest BCUT2D eigenvalue weighted by Gasteiger charge is -2.25. The number of allylic oxidation sites excluding steroid dienone is 1. The predicted molar refractivity (Wildman–Crippen MR) is 103 cm³/mol. The van der Waals surface area contributed by atoms with Crippen LogP contribution in [0.4, 0.5) is 0 Å². The number of benzene rings is 1. The van der Waals surface area contributed by atoms with E-state index in [0.29, 0.717) is 11.4 Å². The third-order valence-corrected chi connectivity index (χ3v) is 4.45. The summed E-state index contributed by atoms with van der Waals surface area (Å²) in [5.41, 5.74) is 6.95. The zero-order valence-electron chi connectivity index (χ0n) is 15.7. The van der Waals surface area contributed by atoms with E-state index in [-0.39, 0.29) is 5.54 Å². The molecule has 0 saturated heterocycles. The van der Waals surface area contributed by atoms with Gasteiger partial charge >= 0.3 is 0 Å². The molecule has 0 aliphatic rings. The molecule has 1 aromatic carbocycles. The van der Waals surface area contributed by atoms with Gasteiger partial charge in [-0.1, -0.05) is 6.07 Å². The summed E-state index contributed by atoms with van der Waals surface area (Å²) < 4.78 is 2.30. The van der Waals surface area contributed by atoms with E-state index in [1.165, 1.54) is 11.3 Å². The second-order valence-electron chi connectivity index (χ2n) is 7.61. The average molecular weight is 332 g/mol. The number of hydrogen-bond donors (Lipinski definition) is 1. The molecular weight excluding hydrogens is 308 g/mol. The van der Waals surface area contributed by atoms with Crippen LogP contribution in [0.15, 0.2) is 24.3 Å². The standard InChI is InChI=1S/C21H24N4/c1-13-7-8-18-19(9-13)24-20(23-18)17(12-22)11-16-10-14(2)25(15(16)3)21(4,5)6/h7-11H,1-6H3,(H,23,24). The van der Waals surface area contributed by atoms with Gasteiger partial charge in [-0.3, -0.25) is 0 Å². The van der Waals surface area contributed by atoms with Crippen molar-refractivity contribution in [2.24, 2.45) is 0 Å². The lowest BCUT2D eigenvalue weighted by Crippen LogP contribution is -2.24. The predicted octanol–water partition coefficient (Wildman–Crippen LogP) is 5.11. The monoisotopic (exact) mass is 332 g/mol. The number of aromatic nitrogens is 3. The third kappa shape index (κ3) is 3.10. The molecule has 128 valence electrons. The molecule has 2 heterocycles. The van der Waals surface area contributed by atoms with Crippen LogP contribution in [0.1, 0.15) is 49.1 Å². The van der Waals surface area contributed by atoms with Gasteiger partial charge in [-0.2, -0.15) is 5.26 Å². The Kier molecular flexibility index (Phi) is 4.04. The van der Waals surface area contributed by atoms with E-state index in [1.807, 2.05) is 31.2 Å². The van der Waals surface area contributed by atoms with Gasteiger partial charge in [0, 0.05) is 16.9 Å². The van der Waals surface area contributed by atoms with Crippen molar-refractivity contribution >= 4 is 22.7 Å². The normalized spacial score (nSPS) is 12.6. The number of fused-ring (bicyclic) bond motifs is 1. The number of rotatable bonds is 2. The van der Waals surface area contributed by atoms with Crippen LogP contribution in [0.5, 0.6) is 0 Å². The van der Waals surface area contributed by atoms with E-state index in [0.717, 1.165) is 22.3 Å². The smallest absolute Gasteiger partial charge is 0.149 e. The first-order chi connectivity index (χ1) is 11.7. The van der Waals surface area contributed by atoms with Gasteiger partial charge in [0.1, 0.15) is 11.9 Å². The van der Waals surface area contributed by atoms with E-state index in [1.54, 1.807) is 0 Å². The first-order valence-electron chi connectivity index (χ1n) is 8.48. The number of aryl methyl sites for hydroxylation is 2. The Bertz CT molecular complexity index is 1020. The van der Waals surface area contributed by atoms with Crippen molar-refractivity contribution < 1.29 is 0 Å². The van der Waals surface area contributed by atoms with Gasteiger partial charge in [-0.05, 0) is 76.9 Å². The van der Waals surface area contributed by atoms with Crippen LogP contribution in [0.25, 0.3) is 22.7 Å². The maximum atomic E-state index is 9.66. The third-order valence-electron chi connectivity index (χ3n) is 4.45. The molecule has 0 amide bonds. The maximum Gasteiger partial charge on any atom is 0.149 e. The van der Waals surface area contributed by atoms with Crippen LogP contribution in [0.3, 0.4) is 0 Å². The Morgan fingerprint density at radius 3 is 2.52 bits per heavy atom. The summed E-state index contributed by atoms with van der Waals surface area (Å²) in [4.78, 5) is 7.85. The first kappa shape index (κ1) is 17.0. The van der Waals surface area contributed by atoms with Gasteiger partial charge in [0.05, 0.1) is 16.6 Å². The highest BCUT2D eigenvalue weighted by molar-refractivity contribution is 5.90. The van der Waals surface area contributed by atoms with Crippen LogP contribution < -0.4 is 0 Å². The molecule has 25 heavy (non-hydrogen) atoms. The molecule has 4 heteroatoms. The fourth-order valence-corrected chi connectivity index (χ4v) is 3.53. The van der Waals surface area contributed by atoms with Gasteiger partial charge < -0.3 is 9.55 Å². The zero-order valence-corrected chi connectivity index (χ0v) is 15.7. The second kappa shape index (κ2) is 5.93. The molecule has 0 aliphatic heterocycles. The Balaban J connectivity index is 2.11. The minimum Gasteiger partial charge on any atom is -0.343 e. The molecule has 0 fully saturated rings. The molecule has 3 aromatic rings. The Morgan fingerprint density at radius 2 is 1.92 bits per heavy atom. The van der Waals surface area contributed by atoms with Gasteiger partial charge in [-0.25, -0.2) is 4.98 Å². The van der Waals surface area contributed by atoms with Crippen molar-refractivity contribution in [1.29, 1.82) is 5.26 Å². The second-order valence-corrected chi connectivity index (χ2v) is 7.61. The molecule has 2 aromatic heterocycles. The number of nitriles is 1. The highest BCUT2D eigenvalue weighted by atomic mass is 15.1. The molecule has 0 spiro atoms. The molecule has 0 bridgehead atoms. The van der Waals surface area contributed by atoms with Crippen LogP contribution >= 0.6 is 0 Å². The number of hydrogen-bond acceptors (Lipinski definition) is 2. The van der Waals surface area contributed by atoms with E-state index in [2.05, 4.69) is 61.3 Å². The van der Waals surface area contributed by atoms with Crippen molar-refractivity contribution in [2.75, 3.05) is 0 Å². The lowest BCUT2D eigenvalue weighted by atomic mass is 10.1. The Hall–Kier alpha value is -2.80. The summed E-state index contributed by atoms with van der Waals surface area (Å²) >= 11 is 0. The van der Waals surface area contributed by atoms with Crippen LogP contribution in [0, 0.1) is 32.1 Å². The molecule has 4 nitrogen and oxygen atoms in total. The minimum atomic E-state index is 0.00392. The van der Waals surface area contributed by atoms with E-state index in [4.69, 9.17) is 0 Å². The molecule has 0 radical (unpaired) electrons. The highest BCUT2D eigenvalue weighted by Gasteiger charge is 2.19. The summed E-state index contributed by atoms with van der Waals surface area (Å²) in [5.74, 6) is 0.615. The van der Waals surface area contributed by atoms with Gasteiger partial charge in [0.15, 0.2) is 0 Å². The molecule has 0 atom stereocenters. The number of imidazole rings is 1. The SMILES string of the molecule is Cc1ccc2nc(C(C#N)=Cc3cc(C)n(C(C)(C)C)c3C)[nH]c2c1. The Labute approximate surface area is 148 Å². The largest absolute Gasteiger partial charge is 0.343 e. The summed E-state index contributed by atoms with van der Waals surface area (Å²) in [6, 6.07) is 10.5. The number of nitrogens with one attached hydrogen (secondary N) is 1. The van der Waals surface area contributed by atoms with Crippen molar-refractivity contribution in [3.8, 4) is 6.07 Å². The zero-order chi connectivity index (χ0) is 18.4. The van der Waals surface area contributed by atoms with Crippen LogP contribution in [0.2, 0.25) is 0 Å². The average Bonchev–Trinajstić information content (AvgIpc) is 3.04. The van der Waals surface area contributed by atoms with Crippen molar-refractivity contribution in [2.45, 2.75) is 47.1 Å². The molecular formula is C21H24N4. The molecule has 3 rings (SSSR count). The summed E-state index contributed by atoms with van der Waals surface area (Å²) in [6.45, 7) is 12.8. The number of H-pyrrole nitrogens is 1. The maximum absolute atomic E-state index is 9.66. The van der Waals surface area contributed by atoms with Crippen molar-refractivity contribution in [1.82, 2.24) is 14.5 Å². The summed E-state index contributed by atoms with van der Waals surface area (Å²) in [6.07, 6.45) is 1.93. The highest BCUT2D eigenvalue weighted by Crippen LogP contribution is 2.27. The summed E-state index contributed by atoms with van der Waals surface area (Å²) in [7, 11) is 0. The van der Waals surface area contributed by atoms with Crippen molar-refractivity contribution in [3.63, 3.8) is 0 Å². The van der Waals surface area contributed by atoms with Crippen LogP contribution in [-0.4, -0.2) is 14.5 Å². The lowest BCUT2D eigenvalue weighted by molar-refractivity contribution is 0.383. The van der Waals surface area contributed by atoms with E-state index < -0.39 is 0 Å². The van der Waals surface area contributed by atoms with Gasteiger partial charge in [0.25, 0.3) is 0 Å². The molecule has 1 N–H and O–H groups in total. The van der Waals surface area contributed by atoms with Gasteiger partial charge in [0.2, 0.25) is 0 Å². The molecule has 0 unspecified atom stereocenters. The van der Waals surface area contributed by atoms with E-state index >= 15 is 0 Å². The number of nitrogens with zero attached hydrogens (tertiary/aromatic N) is 3. The topological polar surface area (TPSA) is 57.4 Å². The van der Waals surface area contributed by atoms with Crippen molar-refractivity contribution in [3.05, 3.63) is 52.6 Å². The first-order valence-corrected chi connectivity index (χ1v) is 8.48. The summed E-state index contributed by atoms with van der Waals surface area (Å²) in [5, 5.41) is 9.66. The fraction of sp³-hybridized carbons (Fsp3) is 0.333. The fourth-order valence-electron chi connectivity index (χ4n) is 3.53. The van der Waals surface area contributed by atoms with Gasteiger partial charge in [-0.15, -0.1) is 0 Å². The van der Waals surface area contributed by atoms with E-state index in [9.17, 15) is 5.26 Å². The number of aromatic amines is 1.